The summed E-state index contributed by atoms with van der Waals surface area (Å²) >= 11 is 1.12. The Morgan fingerprint density at radius 2 is 1.96 bits per heavy atom. The minimum atomic E-state index is -0.728. The second-order valence-corrected chi connectivity index (χ2v) is 6.02. The normalized spacial score (nSPS) is 10.4. The lowest BCUT2D eigenvalue weighted by molar-refractivity contribution is 0.0597. The van der Waals surface area contributed by atoms with Crippen LogP contribution in [0.2, 0.25) is 0 Å². The molecule has 2 aromatic carbocycles. The molecule has 26 heavy (non-hydrogen) atoms. The van der Waals surface area contributed by atoms with Gasteiger partial charge >= 0.3 is 5.97 Å². The third-order valence-electron chi connectivity index (χ3n) is 3.53. The van der Waals surface area contributed by atoms with Crippen LogP contribution in [0.3, 0.4) is 0 Å². The first-order valence-corrected chi connectivity index (χ1v) is 8.31. The van der Waals surface area contributed by atoms with Crippen LogP contribution in [-0.4, -0.2) is 29.1 Å². The summed E-state index contributed by atoms with van der Waals surface area (Å²) in [6, 6.07) is 10.4. The van der Waals surface area contributed by atoms with Crippen molar-refractivity contribution in [3.63, 3.8) is 0 Å². The molecule has 0 atom stereocenters. The molecule has 0 fully saturated rings. The van der Waals surface area contributed by atoms with E-state index in [9.17, 15) is 19.1 Å². The number of phenols is 1. The van der Waals surface area contributed by atoms with Gasteiger partial charge in [0.2, 0.25) is 0 Å². The van der Waals surface area contributed by atoms with Gasteiger partial charge in [-0.2, -0.15) is 0 Å². The Bertz CT molecular complexity index is 987. The minimum absolute atomic E-state index is 0.0401. The molecular weight excluding hydrogens is 359 g/mol. The number of aromatic nitrogens is 1. The molecule has 3 rings (SSSR count). The quantitative estimate of drug-likeness (QED) is 0.539. The zero-order valence-corrected chi connectivity index (χ0v) is 14.3. The maximum Gasteiger partial charge on any atom is 0.341 e. The number of rotatable bonds is 4. The van der Waals surface area contributed by atoms with Crippen molar-refractivity contribution in [2.75, 3.05) is 12.4 Å². The van der Waals surface area contributed by atoms with E-state index in [-0.39, 0.29) is 16.9 Å². The number of nitrogens with one attached hydrogen (secondary N) is 1. The van der Waals surface area contributed by atoms with Crippen molar-refractivity contribution in [1.82, 2.24) is 4.98 Å². The van der Waals surface area contributed by atoms with E-state index < -0.39 is 23.4 Å². The molecule has 8 heteroatoms. The molecule has 0 unspecified atom stereocenters. The summed E-state index contributed by atoms with van der Waals surface area (Å²) in [6.07, 6.45) is 0. The van der Waals surface area contributed by atoms with Crippen LogP contribution in [0.5, 0.6) is 5.75 Å². The number of halogens is 1. The van der Waals surface area contributed by atoms with Gasteiger partial charge < -0.3 is 15.2 Å². The molecule has 1 amide bonds. The van der Waals surface area contributed by atoms with Crippen molar-refractivity contribution >= 4 is 28.9 Å². The zero-order chi connectivity index (χ0) is 18.7. The second-order valence-electron chi connectivity index (χ2n) is 5.17. The molecule has 1 heterocycles. The molecule has 0 bridgehead atoms. The van der Waals surface area contributed by atoms with Gasteiger partial charge in [0.25, 0.3) is 5.91 Å². The summed E-state index contributed by atoms with van der Waals surface area (Å²) in [4.78, 5) is 28.1. The Kier molecular flexibility index (Phi) is 4.94. The number of methoxy groups -OCH3 is 1. The van der Waals surface area contributed by atoms with Crippen LogP contribution < -0.4 is 5.32 Å². The van der Waals surface area contributed by atoms with Crippen molar-refractivity contribution < 1.29 is 23.8 Å². The number of carbonyl (C=O) groups is 2. The standard InChI is InChI=1S/C18H13FN2O4S/c1-25-18(24)11-6-4-8-13(15(11)22)20-16(23)14-9-26-17(21-14)10-5-2-3-7-12(10)19/h2-9,22H,1H3,(H,20,23). The first kappa shape index (κ1) is 17.6. The molecule has 2 N–H and O–H groups in total. The van der Waals surface area contributed by atoms with Crippen LogP contribution in [0.15, 0.2) is 47.8 Å². The lowest BCUT2D eigenvalue weighted by Gasteiger charge is -2.09. The van der Waals surface area contributed by atoms with Crippen molar-refractivity contribution in [2.45, 2.75) is 0 Å². The van der Waals surface area contributed by atoms with Gasteiger partial charge in [0.1, 0.15) is 22.1 Å². The summed E-state index contributed by atoms with van der Waals surface area (Å²) < 4.78 is 18.4. The Morgan fingerprint density at radius 3 is 2.69 bits per heavy atom. The number of thiazole rings is 1. The predicted octanol–water partition coefficient (Wildman–Crippen LogP) is 3.69. The summed E-state index contributed by atoms with van der Waals surface area (Å²) in [5.41, 5.74) is 0.331. The number of nitrogens with zero attached hydrogens (tertiary/aromatic N) is 1. The van der Waals surface area contributed by atoms with Crippen LogP contribution in [-0.2, 0) is 4.74 Å². The third-order valence-corrected chi connectivity index (χ3v) is 4.41. The molecule has 0 spiro atoms. The third kappa shape index (κ3) is 3.40. The number of amides is 1. The average molecular weight is 372 g/mol. The molecule has 0 aliphatic heterocycles. The second kappa shape index (κ2) is 7.32. The largest absolute Gasteiger partial charge is 0.505 e. The fourth-order valence-electron chi connectivity index (χ4n) is 2.24. The number of para-hydroxylation sites is 1. The fraction of sp³-hybridized carbons (Fsp3) is 0.0556. The van der Waals surface area contributed by atoms with E-state index in [2.05, 4.69) is 15.0 Å². The van der Waals surface area contributed by atoms with E-state index in [0.29, 0.717) is 10.6 Å². The molecular formula is C18H13FN2O4S. The number of carbonyl (C=O) groups excluding carboxylic acids is 2. The number of aromatic hydroxyl groups is 1. The minimum Gasteiger partial charge on any atom is -0.505 e. The van der Waals surface area contributed by atoms with E-state index in [0.717, 1.165) is 11.3 Å². The monoisotopic (exact) mass is 372 g/mol. The van der Waals surface area contributed by atoms with Gasteiger partial charge in [-0.25, -0.2) is 14.2 Å². The summed E-state index contributed by atoms with van der Waals surface area (Å²) in [5, 5.41) is 14.4. The molecule has 0 aliphatic rings. The Morgan fingerprint density at radius 1 is 1.19 bits per heavy atom. The van der Waals surface area contributed by atoms with Gasteiger partial charge in [-0.15, -0.1) is 11.3 Å². The lowest BCUT2D eigenvalue weighted by Crippen LogP contribution is -2.13. The number of anilines is 1. The van der Waals surface area contributed by atoms with Crippen molar-refractivity contribution in [3.05, 3.63) is 64.9 Å². The Labute approximate surface area is 151 Å². The van der Waals surface area contributed by atoms with E-state index in [1.807, 2.05) is 0 Å². The average Bonchev–Trinajstić information content (AvgIpc) is 3.13. The molecule has 0 radical (unpaired) electrons. The Balaban J connectivity index is 1.84. The summed E-state index contributed by atoms with van der Waals surface area (Å²) in [7, 11) is 1.19. The van der Waals surface area contributed by atoms with E-state index in [1.165, 1.54) is 36.8 Å². The van der Waals surface area contributed by atoms with Crippen LogP contribution in [0, 0.1) is 5.82 Å². The summed E-state index contributed by atoms with van der Waals surface area (Å²) in [5.74, 6) is -2.16. The molecule has 1 aromatic heterocycles. The Hall–Kier alpha value is -3.26. The number of hydrogen-bond donors (Lipinski definition) is 2. The topological polar surface area (TPSA) is 88.5 Å². The van der Waals surface area contributed by atoms with Gasteiger partial charge in [-0.05, 0) is 24.3 Å². The number of phenolic OH excluding ortho intramolecular Hbond substituents is 1. The lowest BCUT2D eigenvalue weighted by atomic mass is 10.1. The fourth-order valence-corrected chi connectivity index (χ4v) is 3.07. The molecule has 0 aliphatic carbocycles. The molecule has 6 nitrogen and oxygen atoms in total. The van der Waals surface area contributed by atoms with Crippen LogP contribution in [0.1, 0.15) is 20.8 Å². The molecule has 0 saturated heterocycles. The number of esters is 1. The van der Waals surface area contributed by atoms with Crippen LogP contribution in [0.4, 0.5) is 10.1 Å². The number of ether oxygens (including phenoxy) is 1. The van der Waals surface area contributed by atoms with Gasteiger partial charge in [-0.3, -0.25) is 4.79 Å². The molecule has 0 saturated carbocycles. The highest BCUT2D eigenvalue weighted by atomic mass is 32.1. The zero-order valence-electron chi connectivity index (χ0n) is 13.5. The maximum atomic E-state index is 13.8. The van der Waals surface area contributed by atoms with Gasteiger partial charge in [0.15, 0.2) is 5.75 Å². The first-order chi connectivity index (χ1) is 12.5. The van der Waals surface area contributed by atoms with Crippen molar-refractivity contribution in [2.24, 2.45) is 0 Å². The summed E-state index contributed by atoms with van der Waals surface area (Å²) in [6.45, 7) is 0. The maximum absolute atomic E-state index is 13.8. The van der Waals surface area contributed by atoms with Crippen LogP contribution in [0.25, 0.3) is 10.6 Å². The van der Waals surface area contributed by atoms with Gasteiger partial charge in [-0.1, -0.05) is 18.2 Å². The molecule has 3 aromatic rings. The smallest absolute Gasteiger partial charge is 0.341 e. The van der Waals surface area contributed by atoms with E-state index in [1.54, 1.807) is 18.2 Å². The van der Waals surface area contributed by atoms with Gasteiger partial charge in [0.05, 0.1) is 12.8 Å². The first-order valence-electron chi connectivity index (χ1n) is 7.43. The SMILES string of the molecule is COC(=O)c1cccc(NC(=O)c2csc(-c3ccccc3F)n2)c1O. The van der Waals surface area contributed by atoms with E-state index >= 15 is 0 Å². The highest BCUT2D eigenvalue weighted by Crippen LogP contribution is 2.30. The van der Waals surface area contributed by atoms with Crippen molar-refractivity contribution in [1.29, 1.82) is 0 Å². The molecule has 132 valence electrons. The predicted molar refractivity (Wildman–Crippen MR) is 94.9 cm³/mol. The van der Waals surface area contributed by atoms with E-state index in [4.69, 9.17) is 0 Å². The highest BCUT2D eigenvalue weighted by molar-refractivity contribution is 7.13. The highest BCUT2D eigenvalue weighted by Gasteiger charge is 2.18. The number of hydrogen-bond acceptors (Lipinski definition) is 6. The van der Waals surface area contributed by atoms with Crippen molar-refractivity contribution in [3.8, 4) is 16.3 Å². The van der Waals surface area contributed by atoms with Gasteiger partial charge in [0, 0.05) is 10.9 Å². The van der Waals surface area contributed by atoms with Crippen LogP contribution >= 0.6 is 11.3 Å². The number of benzene rings is 2.